The van der Waals surface area contributed by atoms with E-state index in [9.17, 15) is 4.79 Å². The molecule has 1 aromatic carbocycles. The van der Waals surface area contributed by atoms with Gasteiger partial charge >= 0.3 is 0 Å². The van der Waals surface area contributed by atoms with Gasteiger partial charge in [0.15, 0.2) is 5.69 Å². The second-order valence-corrected chi connectivity index (χ2v) is 6.70. The third-order valence-corrected chi connectivity index (χ3v) is 5.06. The Morgan fingerprint density at radius 3 is 2.65 bits per heavy atom. The summed E-state index contributed by atoms with van der Waals surface area (Å²) in [6, 6.07) is 6.87. The average molecular weight is 353 g/mol. The van der Waals surface area contributed by atoms with Crippen molar-refractivity contribution < 1.29 is 4.79 Å². The maximum atomic E-state index is 12.4. The Balaban J connectivity index is 1.78. The molecule has 2 aromatic rings. The van der Waals surface area contributed by atoms with E-state index in [0.717, 1.165) is 31.4 Å². The molecule has 0 radical (unpaired) electrons. The van der Waals surface area contributed by atoms with Crippen LogP contribution in [0.2, 0.25) is 10.0 Å². The van der Waals surface area contributed by atoms with Crippen LogP contribution in [-0.2, 0) is 0 Å². The van der Waals surface area contributed by atoms with Gasteiger partial charge in [0.1, 0.15) is 0 Å². The highest BCUT2D eigenvalue weighted by atomic mass is 35.5. The number of halogens is 2. The predicted octanol–water partition coefficient (Wildman–Crippen LogP) is 3.18. The molecular formula is C16H18Cl2N4O. The molecule has 5 nitrogen and oxygen atoms in total. The molecule has 23 heavy (non-hydrogen) atoms. The normalized spacial score (nSPS) is 16.5. The van der Waals surface area contributed by atoms with Crippen molar-refractivity contribution in [2.45, 2.75) is 31.2 Å². The number of nitrogens with two attached hydrogens (primary N) is 1. The van der Waals surface area contributed by atoms with Gasteiger partial charge in [0, 0.05) is 12.7 Å². The van der Waals surface area contributed by atoms with Gasteiger partial charge in [-0.2, -0.15) is 5.10 Å². The van der Waals surface area contributed by atoms with Gasteiger partial charge in [0.25, 0.3) is 5.91 Å². The maximum Gasteiger partial charge on any atom is 0.272 e. The molecule has 0 bridgehead atoms. The molecule has 0 saturated heterocycles. The second kappa shape index (κ2) is 6.51. The lowest BCUT2D eigenvalue weighted by molar-refractivity contribution is 0.0897. The lowest BCUT2D eigenvalue weighted by Crippen LogP contribution is -2.51. The molecule has 0 spiro atoms. The fraction of sp³-hybridized carbons (Fsp3) is 0.375. The van der Waals surface area contributed by atoms with Gasteiger partial charge < -0.3 is 11.1 Å². The molecule has 1 amide bonds. The van der Waals surface area contributed by atoms with Gasteiger partial charge in [0.05, 0.1) is 21.3 Å². The van der Waals surface area contributed by atoms with Crippen molar-refractivity contribution in [3.05, 3.63) is 46.2 Å². The molecule has 1 fully saturated rings. The van der Waals surface area contributed by atoms with Crippen LogP contribution < -0.4 is 11.1 Å². The number of aromatic nitrogens is 2. The zero-order valence-electron chi connectivity index (χ0n) is 12.6. The minimum Gasteiger partial charge on any atom is -0.344 e. The SMILES string of the molecule is NCC1(NC(=O)c2ccn(-c3ccc(Cl)c(Cl)c3)n2)CCCC1. The van der Waals surface area contributed by atoms with Crippen molar-refractivity contribution in [1.29, 1.82) is 0 Å². The summed E-state index contributed by atoms with van der Waals surface area (Å²) in [5.74, 6) is -0.198. The number of nitrogens with zero attached hydrogens (tertiary/aromatic N) is 2. The lowest BCUT2D eigenvalue weighted by Gasteiger charge is -2.28. The van der Waals surface area contributed by atoms with Crippen LogP contribution in [0.25, 0.3) is 5.69 Å². The quantitative estimate of drug-likeness (QED) is 0.887. The van der Waals surface area contributed by atoms with E-state index in [1.165, 1.54) is 0 Å². The third kappa shape index (κ3) is 3.37. The molecule has 7 heteroatoms. The Bertz CT molecular complexity index is 723. The number of amides is 1. The van der Waals surface area contributed by atoms with E-state index in [1.807, 2.05) is 0 Å². The Kier molecular flexibility index (Phi) is 4.62. The van der Waals surface area contributed by atoms with Crippen LogP contribution in [0.3, 0.4) is 0 Å². The molecule has 3 rings (SSSR count). The maximum absolute atomic E-state index is 12.4. The van der Waals surface area contributed by atoms with Crippen LogP contribution in [0.15, 0.2) is 30.5 Å². The van der Waals surface area contributed by atoms with Gasteiger partial charge in [-0.1, -0.05) is 36.0 Å². The fourth-order valence-electron chi connectivity index (χ4n) is 2.95. The van der Waals surface area contributed by atoms with E-state index >= 15 is 0 Å². The van der Waals surface area contributed by atoms with Crippen molar-refractivity contribution in [2.24, 2.45) is 5.73 Å². The van der Waals surface area contributed by atoms with Crippen LogP contribution >= 0.6 is 23.2 Å². The summed E-state index contributed by atoms with van der Waals surface area (Å²) in [5.41, 5.74) is 6.67. The number of rotatable bonds is 4. The van der Waals surface area contributed by atoms with E-state index in [1.54, 1.807) is 35.1 Å². The van der Waals surface area contributed by atoms with Crippen LogP contribution in [0.5, 0.6) is 0 Å². The molecule has 0 unspecified atom stereocenters. The highest BCUT2D eigenvalue weighted by molar-refractivity contribution is 6.42. The Hall–Kier alpha value is -1.56. The number of hydrogen-bond donors (Lipinski definition) is 2. The van der Waals surface area contributed by atoms with Crippen molar-refractivity contribution in [3.8, 4) is 5.69 Å². The largest absolute Gasteiger partial charge is 0.344 e. The molecule has 1 aliphatic carbocycles. The highest BCUT2D eigenvalue weighted by Gasteiger charge is 2.34. The first-order valence-electron chi connectivity index (χ1n) is 7.57. The molecule has 0 aliphatic heterocycles. The summed E-state index contributed by atoms with van der Waals surface area (Å²) in [7, 11) is 0. The van der Waals surface area contributed by atoms with E-state index in [2.05, 4.69) is 10.4 Å². The Morgan fingerprint density at radius 1 is 1.26 bits per heavy atom. The monoisotopic (exact) mass is 352 g/mol. The lowest BCUT2D eigenvalue weighted by atomic mass is 9.97. The zero-order valence-corrected chi connectivity index (χ0v) is 14.1. The second-order valence-electron chi connectivity index (χ2n) is 5.89. The van der Waals surface area contributed by atoms with Crippen LogP contribution in [-0.4, -0.2) is 27.8 Å². The van der Waals surface area contributed by atoms with E-state index in [4.69, 9.17) is 28.9 Å². The van der Waals surface area contributed by atoms with Crippen LogP contribution in [0.1, 0.15) is 36.2 Å². The first-order chi connectivity index (χ1) is 11.0. The standard InChI is InChI=1S/C16H18Cl2N4O/c17-12-4-3-11(9-13(12)18)22-8-5-14(21-22)15(23)20-16(10-19)6-1-2-7-16/h3-5,8-9H,1-2,6-7,10,19H2,(H,20,23). The number of hydrogen-bond acceptors (Lipinski definition) is 3. The van der Waals surface area contributed by atoms with Gasteiger partial charge in [-0.25, -0.2) is 4.68 Å². The van der Waals surface area contributed by atoms with Gasteiger partial charge in [-0.15, -0.1) is 0 Å². The van der Waals surface area contributed by atoms with E-state index in [0.29, 0.717) is 22.3 Å². The average Bonchev–Trinajstić information content (AvgIpc) is 3.20. The molecule has 1 aliphatic rings. The van der Waals surface area contributed by atoms with Crippen molar-refractivity contribution in [2.75, 3.05) is 6.54 Å². The van der Waals surface area contributed by atoms with E-state index in [-0.39, 0.29) is 11.4 Å². The number of carbonyl (C=O) groups excluding carboxylic acids is 1. The zero-order chi connectivity index (χ0) is 16.4. The Morgan fingerprint density at radius 2 is 2.00 bits per heavy atom. The minimum absolute atomic E-state index is 0.198. The topological polar surface area (TPSA) is 72.9 Å². The molecule has 1 heterocycles. The number of benzene rings is 1. The highest BCUT2D eigenvalue weighted by Crippen LogP contribution is 2.29. The fourth-order valence-corrected chi connectivity index (χ4v) is 3.25. The van der Waals surface area contributed by atoms with Crippen molar-refractivity contribution in [3.63, 3.8) is 0 Å². The third-order valence-electron chi connectivity index (χ3n) is 4.32. The summed E-state index contributed by atoms with van der Waals surface area (Å²) in [4.78, 5) is 12.4. The van der Waals surface area contributed by atoms with Crippen LogP contribution in [0, 0.1) is 0 Å². The molecule has 1 aromatic heterocycles. The van der Waals surface area contributed by atoms with E-state index < -0.39 is 0 Å². The molecule has 3 N–H and O–H groups in total. The number of carbonyl (C=O) groups is 1. The van der Waals surface area contributed by atoms with Crippen LogP contribution in [0.4, 0.5) is 0 Å². The molecular weight excluding hydrogens is 335 g/mol. The van der Waals surface area contributed by atoms with Crippen molar-refractivity contribution in [1.82, 2.24) is 15.1 Å². The number of nitrogens with one attached hydrogen (secondary N) is 1. The summed E-state index contributed by atoms with van der Waals surface area (Å²) >= 11 is 11.9. The van der Waals surface area contributed by atoms with Gasteiger partial charge in [0.2, 0.25) is 0 Å². The predicted molar refractivity (Wildman–Crippen MR) is 91.3 cm³/mol. The summed E-state index contributed by atoms with van der Waals surface area (Å²) in [5, 5.41) is 8.30. The summed E-state index contributed by atoms with van der Waals surface area (Å²) < 4.78 is 1.60. The Labute approximate surface area is 144 Å². The molecule has 122 valence electrons. The van der Waals surface area contributed by atoms with Crippen molar-refractivity contribution >= 4 is 29.1 Å². The smallest absolute Gasteiger partial charge is 0.272 e. The van der Waals surface area contributed by atoms with Gasteiger partial charge in [-0.3, -0.25) is 4.79 Å². The van der Waals surface area contributed by atoms with Gasteiger partial charge in [-0.05, 0) is 37.1 Å². The molecule has 0 atom stereocenters. The minimum atomic E-state index is -0.287. The first kappa shape index (κ1) is 16.3. The summed E-state index contributed by atoms with van der Waals surface area (Å²) in [6.07, 6.45) is 5.74. The first-order valence-corrected chi connectivity index (χ1v) is 8.32. The molecule has 1 saturated carbocycles. The summed E-state index contributed by atoms with van der Waals surface area (Å²) in [6.45, 7) is 0.451.